The zero-order valence-corrected chi connectivity index (χ0v) is 14.8. The summed E-state index contributed by atoms with van der Waals surface area (Å²) in [6.07, 6.45) is 0.263. The van der Waals surface area contributed by atoms with E-state index in [2.05, 4.69) is 10.1 Å². The monoisotopic (exact) mass is 375 g/mol. The van der Waals surface area contributed by atoms with Crippen LogP contribution >= 0.6 is 12.4 Å². The van der Waals surface area contributed by atoms with Crippen molar-refractivity contribution in [2.75, 3.05) is 7.11 Å². The van der Waals surface area contributed by atoms with E-state index in [0.717, 1.165) is 22.4 Å². The highest BCUT2D eigenvalue weighted by Crippen LogP contribution is 2.24. The van der Waals surface area contributed by atoms with Crippen molar-refractivity contribution < 1.29 is 19.2 Å². The lowest BCUT2D eigenvalue weighted by atomic mass is 10.0. The number of benzene rings is 2. The summed E-state index contributed by atoms with van der Waals surface area (Å²) in [7, 11) is 1.60. The Morgan fingerprint density at radius 3 is 2.35 bits per heavy atom. The van der Waals surface area contributed by atoms with E-state index in [9.17, 15) is 4.79 Å². The van der Waals surface area contributed by atoms with E-state index in [4.69, 9.17) is 20.1 Å². The first-order valence-corrected chi connectivity index (χ1v) is 7.62. The van der Waals surface area contributed by atoms with Crippen LogP contribution in [0.15, 0.2) is 53.1 Å². The zero-order valence-electron chi connectivity index (χ0n) is 14.0. The summed E-state index contributed by atoms with van der Waals surface area (Å²) in [5.41, 5.74) is 7.94. The summed E-state index contributed by atoms with van der Waals surface area (Å²) in [6, 6.07) is 13.6. The van der Waals surface area contributed by atoms with Crippen molar-refractivity contribution in [3.05, 3.63) is 54.1 Å². The van der Waals surface area contributed by atoms with Gasteiger partial charge in [-0.1, -0.05) is 29.4 Å². The molecule has 136 valence electrons. The van der Waals surface area contributed by atoms with Gasteiger partial charge in [-0.25, -0.2) is 0 Å². The van der Waals surface area contributed by atoms with E-state index in [0.29, 0.717) is 11.7 Å². The molecule has 8 heteroatoms. The number of methoxy groups -OCH3 is 1. The minimum atomic E-state index is -1.02. The van der Waals surface area contributed by atoms with Crippen LogP contribution in [0.4, 0.5) is 0 Å². The lowest BCUT2D eigenvalue weighted by molar-refractivity contribution is -0.138. The number of halogens is 1. The number of hydrogen-bond donors (Lipinski definition) is 2. The van der Waals surface area contributed by atoms with Gasteiger partial charge in [-0.2, -0.15) is 4.98 Å². The molecule has 0 spiro atoms. The maximum absolute atomic E-state index is 10.8. The largest absolute Gasteiger partial charge is 0.497 e. The van der Waals surface area contributed by atoms with E-state index in [-0.39, 0.29) is 18.8 Å². The number of carboxylic acid groups (broad SMARTS) is 1. The fourth-order valence-electron chi connectivity index (χ4n) is 2.32. The number of carboxylic acids is 1. The normalized spacial score (nSPS) is 11.5. The Morgan fingerprint density at radius 2 is 1.77 bits per heavy atom. The topological polar surface area (TPSA) is 111 Å². The van der Waals surface area contributed by atoms with E-state index in [1.807, 2.05) is 48.5 Å². The van der Waals surface area contributed by atoms with Gasteiger partial charge in [-0.3, -0.25) is 4.79 Å². The minimum absolute atomic E-state index is 0. The second kappa shape index (κ2) is 8.46. The van der Waals surface area contributed by atoms with E-state index in [1.54, 1.807) is 7.11 Å². The van der Waals surface area contributed by atoms with Crippen LogP contribution in [0, 0.1) is 0 Å². The van der Waals surface area contributed by atoms with Gasteiger partial charge in [0.1, 0.15) is 11.8 Å². The van der Waals surface area contributed by atoms with Crippen molar-refractivity contribution in [3.8, 4) is 28.6 Å². The number of aromatic nitrogens is 2. The van der Waals surface area contributed by atoms with Gasteiger partial charge in [0.25, 0.3) is 5.89 Å². The highest BCUT2D eigenvalue weighted by Gasteiger charge is 2.13. The van der Waals surface area contributed by atoms with Gasteiger partial charge < -0.3 is 20.1 Å². The molecule has 3 aromatic rings. The Hall–Kier alpha value is -2.90. The molecule has 1 atom stereocenters. The van der Waals surface area contributed by atoms with Crippen LogP contribution in [0.1, 0.15) is 5.56 Å². The summed E-state index contributed by atoms with van der Waals surface area (Å²) in [5.74, 6) is 0.597. The summed E-state index contributed by atoms with van der Waals surface area (Å²) in [5, 5.41) is 12.8. The molecule has 0 aliphatic rings. The van der Waals surface area contributed by atoms with Crippen molar-refractivity contribution >= 4 is 18.4 Å². The molecular weight excluding hydrogens is 358 g/mol. The van der Waals surface area contributed by atoms with E-state index >= 15 is 0 Å². The second-order valence-electron chi connectivity index (χ2n) is 5.50. The molecule has 7 nitrogen and oxygen atoms in total. The fraction of sp³-hybridized carbons (Fsp3) is 0.167. The highest BCUT2D eigenvalue weighted by atomic mass is 35.5. The van der Waals surface area contributed by atoms with Crippen LogP contribution in [0.2, 0.25) is 0 Å². The van der Waals surface area contributed by atoms with Gasteiger partial charge in [0.15, 0.2) is 0 Å². The van der Waals surface area contributed by atoms with E-state index in [1.165, 1.54) is 0 Å². The molecule has 0 aliphatic carbocycles. The van der Waals surface area contributed by atoms with Gasteiger partial charge in [0.2, 0.25) is 5.82 Å². The molecule has 26 heavy (non-hydrogen) atoms. The van der Waals surface area contributed by atoms with Crippen LogP contribution in [-0.2, 0) is 11.2 Å². The molecule has 3 N–H and O–H groups in total. The zero-order chi connectivity index (χ0) is 17.8. The Bertz CT molecular complexity index is 863. The molecule has 1 unspecified atom stereocenters. The first-order chi connectivity index (χ1) is 12.1. The predicted molar refractivity (Wildman–Crippen MR) is 98.3 cm³/mol. The first-order valence-electron chi connectivity index (χ1n) is 7.62. The molecule has 2 aromatic carbocycles. The number of rotatable bonds is 6. The number of hydrogen-bond acceptors (Lipinski definition) is 6. The third-order valence-corrected chi connectivity index (χ3v) is 3.75. The van der Waals surface area contributed by atoms with Crippen LogP contribution in [0.25, 0.3) is 22.8 Å². The summed E-state index contributed by atoms with van der Waals surface area (Å²) < 4.78 is 10.4. The molecule has 0 bridgehead atoms. The molecule has 0 amide bonds. The fourth-order valence-corrected chi connectivity index (χ4v) is 2.32. The standard InChI is InChI=1S/C18H17N3O4.ClH/c1-24-14-8-6-13(7-9-14)17-20-16(21-25-17)12-4-2-11(3-5-12)10-15(19)18(22)23;/h2-9,15H,10,19H2,1H3,(H,22,23);1H. The molecule has 0 saturated carbocycles. The quantitative estimate of drug-likeness (QED) is 0.681. The minimum Gasteiger partial charge on any atom is -0.497 e. The van der Waals surface area contributed by atoms with Crippen molar-refractivity contribution in [3.63, 3.8) is 0 Å². The number of nitrogens with zero attached hydrogens (tertiary/aromatic N) is 2. The van der Waals surface area contributed by atoms with Crippen LogP contribution < -0.4 is 10.5 Å². The van der Waals surface area contributed by atoms with E-state index < -0.39 is 12.0 Å². The van der Waals surface area contributed by atoms with Crippen molar-refractivity contribution in [2.24, 2.45) is 5.73 Å². The summed E-state index contributed by atoms with van der Waals surface area (Å²) >= 11 is 0. The van der Waals surface area contributed by atoms with Crippen molar-refractivity contribution in [1.29, 1.82) is 0 Å². The molecule has 3 rings (SSSR count). The third-order valence-electron chi connectivity index (χ3n) is 3.75. The summed E-state index contributed by atoms with van der Waals surface area (Å²) in [6.45, 7) is 0. The molecule has 0 aliphatic heterocycles. The van der Waals surface area contributed by atoms with Crippen LogP contribution in [-0.4, -0.2) is 34.4 Å². The Morgan fingerprint density at radius 1 is 1.15 bits per heavy atom. The SMILES string of the molecule is COc1ccc(-c2nc(-c3ccc(CC(N)C(=O)O)cc3)no2)cc1.Cl. The second-order valence-corrected chi connectivity index (χ2v) is 5.50. The third kappa shape index (κ3) is 4.38. The van der Waals surface area contributed by atoms with Gasteiger partial charge in [0.05, 0.1) is 7.11 Å². The van der Waals surface area contributed by atoms with Gasteiger partial charge in [0, 0.05) is 11.1 Å². The number of carbonyl (C=O) groups is 1. The maximum Gasteiger partial charge on any atom is 0.320 e. The average Bonchev–Trinajstić information content (AvgIpc) is 3.12. The van der Waals surface area contributed by atoms with Gasteiger partial charge in [-0.15, -0.1) is 12.4 Å². The number of ether oxygens (including phenoxy) is 1. The van der Waals surface area contributed by atoms with Crippen molar-refractivity contribution in [1.82, 2.24) is 10.1 Å². The molecular formula is C18H18ClN3O4. The highest BCUT2D eigenvalue weighted by molar-refractivity contribution is 5.85. The molecule has 0 fully saturated rings. The number of aliphatic carboxylic acids is 1. The lowest BCUT2D eigenvalue weighted by Gasteiger charge is -2.06. The Balaban J connectivity index is 0.00000243. The molecule has 0 radical (unpaired) electrons. The lowest BCUT2D eigenvalue weighted by Crippen LogP contribution is -2.32. The van der Waals surface area contributed by atoms with Crippen LogP contribution in [0.5, 0.6) is 5.75 Å². The first kappa shape index (κ1) is 19.4. The average molecular weight is 376 g/mol. The Kier molecular flexibility index (Phi) is 6.32. The smallest absolute Gasteiger partial charge is 0.320 e. The predicted octanol–water partition coefficient (Wildman–Crippen LogP) is 2.79. The van der Waals surface area contributed by atoms with Crippen LogP contribution in [0.3, 0.4) is 0 Å². The molecule has 0 saturated heterocycles. The van der Waals surface area contributed by atoms with Gasteiger partial charge in [-0.05, 0) is 36.2 Å². The number of nitrogens with two attached hydrogens (primary N) is 1. The summed E-state index contributed by atoms with van der Waals surface area (Å²) in [4.78, 5) is 15.2. The molecule has 1 heterocycles. The maximum atomic E-state index is 10.8. The van der Waals surface area contributed by atoms with Crippen molar-refractivity contribution in [2.45, 2.75) is 12.5 Å². The van der Waals surface area contributed by atoms with Gasteiger partial charge >= 0.3 is 5.97 Å². The molecule has 1 aromatic heterocycles. The Labute approximate surface area is 156 Å².